The number of esters is 1. The van der Waals surface area contributed by atoms with Crippen molar-refractivity contribution < 1.29 is 48.6 Å². The van der Waals surface area contributed by atoms with E-state index in [4.69, 9.17) is 23.6 Å². The number of benzene rings is 3. The molecule has 4 aliphatic rings. The van der Waals surface area contributed by atoms with Crippen molar-refractivity contribution in [2.45, 2.75) is 118 Å². The summed E-state index contributed by atoms with van der Waals surface area (Å²) >= 11 is 0. The first-order valence-corrected chi connectivity index (χ1v) is 21.4. The molecule has 0 aromatic heterocycles. The molecule has 2 heterocycles. The molecule has 328 valence electrons. The Balaban J connectivity index is 1.65. The van der Waals surface area contributed by atoms with Gasteiger partial charge < -0.3 is 44.4 Å². The number of hydrogen-bond donors (Lipinski definition) is 5. The number of ether oxygens (including phenoxy) is 3. The summed E-state index contributed by atoms with van der Waals surface area (Å²) in [5, 5.41) is 48.1. The molecule has 0 unspecified atom stereocenters. The number of fused-ring (bicyclic) bond motifs is 1. The van der Waals surface area contributed by atoms with E-state index >= 15 is 0 Å². The van der Waals surface area contributed by atoms with E-state index in [-0.39, 0.29) is 57.0 Å². The molecule has 2 aromatic carbocycles. The first-order valence-electron chi connectivity index (χ1n) is 21.4. The third-order valence-electron chi connectivity index (χ3n) is 12.9. The van der Waals surface area contributed by atoms with Gasteiger partial charge in [0.2, 0.25) is 5.43 Å². The highest BCUT2D eigenvalue weighted by Gasteiger charge is 2.37. The number of rotatable bonds is 4. The molecule has 2 aromatic rings. The van der Waals surface area contributed by atoms with Crippen molar-refractivity contribution in [3.8, 4) is 23.0 Å². The lowest BCUT2D eigenvalue weighted by atomic mass is 9.78. The highest BCUT2D eigenvalue weighted by Crippen LogP contribution is 2.46. The second kappa shape index (κ2) is 18.9. The highest BCUT2D eigenvalue weighted by atomic mass is 16.5. The Morgan fingerprint density at radius 3 is 2.23 bits per heavy atom. The number of cyclic esters (lactones) is 1. The molecule has 8 atom stereocenters. The number of aryl methyl sites for hydroxylation is 1. The van der Waals surface area contributed by atoms with Crippen molar-refractivity contribution in [1.29, 1.82) is 0 Å². The zero-order valence-corrected chi connectivity index (χ0v) is 36.6. The molecule has 2 aliphatic carbocycles. The van der Waals surface area contributed by atoms with E-state index in [1.54, 1.807) is 53.7 Å². The van der Waals surface area contributed by atoms with Crippen LogP contribution in [-0.4, -0.2) is 75.4 Å². The Kier molecular flexibility index (Phi) is 14.1. The van der Waals surface area contributed by atoms with Crippen LogP contribution in [0.3, 0.4) is 0 Å². The molecule has 2 bridgehead atoms. The van der Waals surface area contributed by atoms with Crippen LogP contribution in [0.1, 0.15) is 107 Å². The predicted molar refractivity (Wildman–Crippen MR) is 234 cm³/mol. The molecule has 13 nitrogen and oxygen atoms in total. The number of aliphatic hydroxyl groups excluding tert-OH is 3. The fourth-order valence-electron chi connectivity index (χ4n) is 9.05. The zero-order chi connectivity index (χ0) is 44.4. The standard InChI is InChI=1S/C48H60N2O11/c1-10-59-45-29(8)43(54)36-35-37(45)48(57)60-20-19-33(58-9)26(5)41(52)28(7)42(53)27(6)40(51)23(2)15-14-16-24(3)47(56)50-39(44(36)55)46-38(35)49-32-22-31(25(4)21-34(32)61-46)30-17-12-11-13-18-30/h14-16,19-23,26-28,30,33,40-42,51-54H,10-13,17-18H2,1-9H3,(H,50,56)/b15-14+,20-19+,24-16-/t23-,26+,27+,28-,33-,40-,41+,42+/m0/s1. The summed E-state index contributed by atoms with van der Waals surface area (Å²) in [6.45, 7) is 13.8. The van der Waals surface area contributed by atoms with E-state index in [1.165, 1.54) is 32.6 Å². The second-order valence-electron chi connectivity index (χ2n) is 17.0. The quantitative estimate of drug-likeness (QED) is 0.0756. The summed E-state index contributed by atoms with van der Waals surface area (Å²) in [5.74, 6) is -4.36. The van der Waals surface area contributed by atoms with E-state index in [0.717, 1.165) is 43.1 Å². The first kappa shape index (κ1) is 45.4. The van der Waals surface area contributed by atoms with Crippen molar-refractivity contribution in [1.82, 2.24) is 4.98 Å². The van der Waals surface area contributed by atoms with Crippen LogP contribution < -0.4 is 15.5 Å². The maximum Gasteiger partial charge on any atom is 0.347 e. The molecular formula is C48H60N2O11. The number of phenolic OH excluding ortho intramolecular Hbond substituents is 1. The summed E-state index contributed by atoms with van der Waals surface area (Å²) < 4.78 is 24.0. The van der Waals surface area contributed by atoms with Crippen LogP contribution in [0.25, 0.3) is 33.3 Å². The SMILES string of the molecule is CCOc1c(C)c(O)c2c(=O)c3c4oc5cc(C)c(C6CCCCC6)cc5nc-4c2c1C(=O)O/C=C/[C@H](OC)[C@@H](C)[C@@H](O)[C@H](C)[C@H](O)[C@H](C)[C@@H](O)[C@@H](C)/C=C/C=C(/C)C(=O)N3. The average Bonchev–Trinajstić information content (AvgIpc) is 3.25. The van der Waals surface area contributed by atoms with Gasteiger partial charge in [-0.1, -0.05) is 65.2 Å². The molecule has 13 heteroatoms. The van der Waals surface area contributed by atoms with Crippen LogP contribution in [0.2, 0.25) is 0 Å². The van der Waals surface area contributed by atoms with Crippen LogP contribution in [0.4, 0.5) is 5.69 Å². The lowest BCUT2D eigenvalue weighted by molar-refractivity contribution is -0.112. The zero-order valence-electron chi connectivity index (χ0n) is 36.6. The molecule has 6 rings (SSSR count). The van der Waals surface area contributed by atoms with Crippen LogP contribution >= 0.6 is 0 Å². The molecule has 5 N–H and O–H groups in total. The number of methoxy groups -OCH3 is 1. The van der Waals surface area contributed by atoms with Gasteiger partial charge in [-0.2, -0.15) is 0 Å². The maximum atomic E-state index is 14.8. The number of aromatic hydroxyl groups is 1. The van der Waals surface area contributed by atoms with Crippen molar-refractivity contribution in [2.75, 3.05) is 19.0 Å². The summed E-state index contributed by atoms with van der Waals surface area (Å²) in [6, 6.07) is 3.85. The first-order chi connectivity index (χ1) is 29.0. The van der Waals surface area contributed by atoms with Crippen LogP contribution in [-0.2, 0) is 14.3 Å². The minimum absolute atomic E-state index is 0.0129. The van der Waals surface area contributed by atoms with Gasteiger partial charge in [-0.3, -0.25) is 9.59 Å². The Morgan fingerprint density at radius 2 is 1.56 bits per heavy atom. The summed E-state index contributed by atoms with van der Waals surface area (Å²) in [7, 11) is 1.44. The number of amides is 1. The van der Waals surface area contributed by atoms with Gasteiger partial charge in [0.15, 0.2) is 11.3 Å². The summed E-state index contributed by atoms with van der Waals surface area (Å²) in [5.41, 5.74) is 1.90. The van der Waals surface area contributed by atoms with Gasteiger partial charge in [-0.15, -0.1) is 0 Å². The molecule has 0 saturated heterocycles. The molecule has 0 radical (unpaired) electrons. The Hall–Kier alpha value is -5.08. The highest BCUT2D eigenvalue weighted by molar-refractivity contribution is 6.18. The third-order valence-corrected chi connectivity index (χ3v) is 12.9. The summed E-state index contributed by atoms with van der Waals surface area (Å²) in [4.78, 5) is 48.2. The third kappa shape index (κ3) is 8.84. The lowest BCUT2D eigenvalue weighted by Gasteiger charge is -2.36. The van der Waals surface area contributed by atoms with Crippen molar-refractivity contribution in [2.24, 2.45) is 23.7 Å². The number of aromatic nitrogens is 1. The number of carbonyl (C=O) groups is 2. The fourth-order valence-corrected chi connectivity index (χ4v) is 9.05. The normalized spacial score (nSPS) is 28.4. The molecule has 1 saturated carbocycles. The number of allylic oxidation sites excluding steroid dienone is 2. The van der Waals surface area contributed by atoms with Crippen LogP contribution in [0, 0.1) is 37.5 Å². The van der Waals surface area contributed by atoms with E-state index in [1.807, 2.05) is 19.1 Å². The van der Waals surface area contributed by atoms with E-state index in [0.29, 0.717) is 17.0 Å². The van der Waals surface area contributed by atoms with E-state index in [9.17, 15) is 34.8 Å². The van der Waals surface area contributed by atoms with Gasteiger partial charge in [-0.25, -0.2) is 9.78 Å². The van der Waals surface area contributed by atoms with E-state index in [2.05, 4.69) is 5.32 Å². The maximum absolute atomic E-state index is 14.8. The minimum atomic E-state index is -1.11. The molecule has 61 heavy (non-hydrogen) atoms. The number of nitrogens with zero attached hydrogens (tertiary/aromatic N) is 1. The van der Waals surface area contributed by atoms with E-state index < -0.39 is 71.1 Å². The Morgan fingerprint density at radius 1 is 0.885 bits per heavy atom. The molecule has 1 amide bonds. The monoisotopic (exact) mass is 840 g/mol. The smallest absolute Gasteiger partial charge is 0.347 e. The Bertz CT molecular complexity index is 2410. The second-order valence-corrected chi connectivity index (χ2v) is 17.0. The van der Waals surface area contributed by atoms with Gasteiger partial charge in [0, 0.05) is 47.3 Å². The molecule has 2 aliphatic heterocycles. The van der Waals surface area contributed by atoms with Crippen LogP contribution in [0.15, 0.2) is 57.5 Å². The molecular weight excluding hydrogens is 781 g/mol. The van der Waals surface area contributed by atoms with Gasteiger partial charge in [0.05, 0.1) is 42.7 Å². The average molecular weight is 841 g/mol. The number of anilines is 1. The number of phenols is 1. The summed E-state index contributed by atoms with van der Waals surface area (Å²) in [6.07, 6.45) is 8.87. The van der Waals surface area contributed by atoms with Gasteiger partial charge in [-0.05, 0) is 75.8 Å². The van der Waals surface area contributed by atoms with Gasteiger partial charge >= 0.3 is 5.97 Å². The minimum Gasteiger partial charge on any atom is -0.507 e. The fraction of sp³-hybridized carbons (Fsp3) is 0.500. The van der Waals surface area contributed by atoms with Crippen molar-refractivity contribution in [3.63, 3.8) is 0 Å². The molecule has 0 spiro atoms. The number of aliphatic hydroxyl groups is 3. The lowest BCUT2D eigenvalue weighted by Crippen LogP contribution is -2.44. The van der Waals surface area contributed by atoms with Gasteiger partial charge in [0.25, 0.3) is 5.91 Å². The number of hydrogen-bond acceptors (Lipinski definition) is 12. The van der Waals surface area contributed by atoms with Crippen molar-refractivity contribution in [3.05, 3.63) is 80.7 Å². The van der Waals surface area contributed by atoms with Gasteiger partial charge in [0.1, 0.15) is 34.0 Å². The predicted octanol–water partition coefficient (Wildman–Crippen LogP) is 7.98. The Labute approximate surface area is 356 Å². The number of nitrogens with one attached hydrogen (secondary N) is 1. The van der Waals surface area contributed by atoms with Crippen molar-refractivity contribution >= 4 is 39.4 Å². The number of carbonyl (C=O) groups excluding carboxylic acids is 2. The van der Waals surface area contributed by atoms with Crippen LogP contribution in [0.5, 0.6) is 11.5 Å². The largest absolute Gasteiger partial charge is 0.507 e. The molecule has 1 fully saturated rings. The topological polar surface area (TPSA) is 198 Å².